The number of ether oxygens (including phenoxy) is 1. The zero-order valence-electron chi connectivity index (χ0n) is 15.0. The van der Waals surface area contributed by atoms with Gasteiger partial charge in [0.25, 0.3) is 6.47 Å². The van der Waals surface area contributed by atoms with Gasteiger partial charge in [-0.05, 0) is 29.7 Å². The van der Waals surface area contributed by atoms with Crippen molar-refractivity contribution in [3.63, 3.8) is 0 Å². The number of hydrogen-bond acceptors (Lipinski definition) is 4. The van der Waals surface area contributed by atoms with E-state index >= 15 is 0 Å². The zero-order valence-corrected chi connectivity index (χ0v) is 15.0. The topological polar surface area (TPSA) is 63.7 Å². The smallest absolute Gasteiger partial charge is 0.298 e. The first kappa shape index (κ1) is 18.2. The van der Waals surface area contributed by atoms with Crippen LogP contribution in [-0.2, 0) is 20.8 Å². The van der Waals surface area contributed by atoms with Crippen molar-refractivity contribution >= 4 is 18.2 Å². The maximum Gasteiger partial charge on any atom is 0.298 e. The van der Waals surface area contributed by atoms with Gasteiger partial charge in [-0.2, -0.15) is 0 Å². The highest BCUT2D eigenvalue weighted by Crippen LogP contribution is 2.36. The maximum absolute atomic E-state index is 12.8. The summed E-state index contributed by atoms with van der Waals surface area (Å²) in [4.78, 5) is 37.9. The third-order valence-electron chi connectivity index (χ3n) is 4.27. The number of rotatable bonds is 4. The van der Waals surface area contributed by atoms with Gasteiger partial charge in [0.05, 0.1) is 0 Å². The van der Waals surface area contributed by atoms with Crippen LogP contribution in [0, 0.1) is 11.3 Å². The summed E-state index contributed by atoms with van der Waals surface area (Å²) in [7, 11) is 0. The molecule has 0 saturated heterocycles. The molecule has 1 aliphatic heterocycles. The summed E-state index contributed by atoms with van der Waals surface area (Å²) >= 11 is 0. The highest BCUT2D eigenvalue weighted by atomic mass is 16.5. The first-order valence-corrected chi connectivity index (χ1v) is 8.24. The lowest BCUT2D eigenvalue weighted by Crippen LogP contribution is -2.48. The second-order valence-electron chi connectivity index (χ2n) is 7.53. The Kier molecular flexibility index (Phi) is 5.11. The first-order valence-electron chi connectivity index (χ1n) is 8.24. The zero-order chi connectivity index (χ0) is 18.1. The quantitative estimate of drug-likeness (QED) is 0.796. The van der Waals surface area contributed by atoms with Gasteiger partial charge in [0.15, 0.2) is 5.78 Å². The van der Waals surface area contributed by atoms with E-state index in [1.165, 1.54) is 0 Å². The van der Waals surface area contributed by atoms with Crippen molar-refractivity contribution in [1.82, 2.24) is 4.90 Å². The van der Waals surface area contributed by atoms with Crippen molar-refractivity contribution in [1.29, 1.82) is 0 Å². The predicted octanol–water partition coefficient (Wildman–Crippen LogP) is 2.92. The van der Waals surface area contributed by atoms with Gasteiger partial charge in [-0.1, -0.05) is 40.7 Å². The molecule has 1 unspecified atom stereocenters. The minimum Gasteiger partial charge on any atom is -0.429 e. The average Bonchev–Trinajstić information content (AvgIpc) is 2.51. The van der Waals surface area contributed by atoms with Gasteiger partial charge in [-0.3, -0.25) is 14.4 Å². The van der Waals surface area contributed by atoms with E-state index in [-0.39, 0.29) is 17.6 Å². The monoisotopic (exact) mass is 331 g/mol. The molecule has 1 aromatic carbocycles. The van der Waals surface area contributed by atoms with E-state index in [9.17, 15) is 14.4 Å². The molecule has 5 nitrogen and oxygen atoms in total. The number of nitrogens with zero attached hydrogens (tertiary/aromatic N) is 1. The number of amides is 1. The SMILES string of the molecule is CC(C)C(=O)C1c2ccc(OC=O)cc2CCN1C(=O)C(C)(C)C. The molecule has 0 saturated carbocycles. The third kappa shape index (κ3) is 3.50. The highest BCUT2D eigenvalue weighted by molar-refractivity contribution is 5.93. The summed E-state index contributed by atoms with van der Waals surface area (Å²) in [5, 5.41) is 0. The van der Waals surface area contributed by atoms with Crippen LogP contribution in [0.3, 0.4) is 0 Å². The van der Waals surface area contributed by atoms with Gasteiger partial charge >= 0.3 is 0 Å². The van der Waals surface area contributed by atoms with E-state index in [2.05, 4.69) is 0 Å². The van der Waals surface area contributed by atoms with Crippen molar-refractivity contribution in [2.75, 3.05) is 6.54 Å². The number of hydrogen-bond donors (Lipinski definition) is 0. The molecule has 0 N–H and O–H groups in total. The number of benzene rings is 1. The summed E-state index contributed by atoms with van der Waals surface area (Å²) < 4.78 is 4.90. The van der Waals surface area contributed by atoms with Crippen LogP contribution in [0.25, 0.3) is 0 Å². The predicted molar refractivity (Wildman–Crippen MR) is 90.6 cm³/mol. The van der Waals surface area contributed by atoms with Crippen molar-refractivity contribution in [2.24, 2.45) is 11.3 Å². The lowest BCUT2D eigenvalue weighted by atomic mass is 9.84. The molecular weight excluding hydrogens is 306 g/mol. The van der Waals surface area contributed by atoms with Crippen LogP contribution >= 0.6 is 0 Å². The minimum atomic E-state index is -0.578. The summed E-state index contributed by atoms with van der Waals surface area (Å²) in [6.07, 6.45) is 0.634. The Morgan fingerprint density at radius 3 is 2.50 bits per heavy atom. The van der Waals surface area contributed by atoms with Crippen LogP contribution in [0.2, 0.25) is 0 Å². The maximum atomic E-state index is 12.8. The van der Waals surface area contributed by atoms with Crippen molar-refractivity contribution < 1.29 is 19.1 Å². The van der Waals surface area contributed by atoms with E-state index in [0.29, 0.717) is 25.2 Å². The standard InChI is InChI=1S/C19H25NO4/c1-12(2)17(22)16-15-7-6-14(24-11-21)10-13(15)8-9-20(16)18(23)19(3,4)5/h6-7,10-12,16H,8-9H2,1-5H3. The molecule has 1 aliphatic rings. The van der Waals surface area contributed by atoms with Gasteiger partial charge in [0, 0.05) is 17.9 Å². The van der Waals surface area contributed by atoms with Crippen LogP contribution in [0.5, 0.6) is 5.75 Å². The Hall–Kier alpha value is -2.17. The van der Waals surface area contributed by atoms with Crippen LogP contribution in [0.15, 0.2) is 18.2 Å². The van der Waals surface area contributed by atoms with Crippen molar-refractivity contribution in [2.45, 2.75) is 47.1 Å². The molecular formula is C19H25NO4. The van der Waals surface area contributed by atoms with Crippen molar-refractivity contribution in [3.05, 3.63) is 29.3 Å². The van der Waals surface area contributed by atoms with Gasteiger partial charge in [0.2, 0.25) is 5.91 Å². The van der Waals surface area contributed by atoms with Crippen molar-refractivity contribution in [3.8, 4) is 5.75 Å². The molecule has 5 heteroatoms. The Balaban J connectivity index is 2.49. The lowest BCUT2D eigenvalue weighted by Gasteiger charge is -2.40. The van der Waals surface area contributed by atoms with Crippen LogP contribution < -0.4 is 4.74 Å². The van der Waals surface area contributed by atoms with Gasteiger partial charge in [0.1, 0.15) is 11.8 Å². The second kappa shape index (κ2) is 6.75. The summed E-state index contributed by atoms with van der Waals surface area (Å²) in [5.41, 5.74) is 1.23. The van der Waals surface area contributed by atoms with E-state index in [1.807, 2.05) is 34.6 Å². The Morgan fingerprint density at radius 2 is 1.96 bits per heavy atom. The lowest BCUT2D eigenvalue weighted by molar-refractivity contribution is -0.147. The number of carbonyl (C=O) groups is 3. The minimum absolute atomic E-state index is 0.0256. The van der Waals surface area contributed by atoms with Crippen LogP contribution in [0.4, 0.5) is 0 Å². The fourth-order valence-corrected chi connectivity index (χ4v) is 3.00. The highest BCUT2D eigenvalue weighted by Gasteiger charge is 2.40. The Bertz CT molecular complexity index is 658. The molecule has 2 rings (SSSR count). The summed E-state index contributed by atoms with van der Waals surface area (Å²) in [5.74, 6) is 0.273. The fraction of sp³-hybridized carbons (Fsp3) is 0.526. The Morgan fingerprint density at radius 1 is 1.29 bits per heavy atom. The molecule has 1 heterocycles. The summed E-state index contributed by atoms with van der Waals surface area (Å²) in [6.45, 7) is 10.2. The molecule has 130 valence electrons. The molecule has 24 heavy (non-hydrogen) atoms. The molecule has 0 bridgehead atoms. The van der Waals surface area contributed by atoms with Gasteiger partial charge < -0.3 is 9.64 Å². The van der Waals surface area contributed by atoms with Crippen LogP contribution in [0.1, 0.15) is 51.8 Å². The largest absolute Gasteiger partial charge is 0.429 e. The average molecular weight is 331 g/mol. The molecule has 0 spiro atoms. The number of ketones is 1. The van der Waals surface area contributed by atoms with Crippen LogP contribution in [-0.4, -0.2) is 29.6 Å². The molecule has 0 aromatic heterocycles. The van der Waals surface area contributed by atoms with E-state index in [4.69, 9.17) is 4.74 Å². The fourth-order valence-electron chi connectivity index (χ4n) is 3.00. The van der Waals surface area contributed by atoms with Gasteiger partial charge in [-0.15, -0.1) is 0 Å². The third-order valence-corrected chi connectivity index (χ3v) is 4.27. The molecule has 1 amide bonds. The normalized spacial score (nSPS) is 17.4. The molecule has 1 aromatic rings. The van der Waals surface area contributed by atoms with Gasteiger partial charge in [-0.25, -0.2) is 0 Å². The van der Waals surface area contributed by atoms with E-state index in [0.717, 1.165) is 11.1 Å². The first-order chi connectivity index (χ1) is 11.2. The number of fused-ring (bicyclic) bond motifs is 1. The number of carbonyl (C=O) groups excluding carboxylic acids is 3. The summed E-state index contributed by atoms with van der Waals surface area (Å²) in [6, 6.07) is 4.66. The Labute approximate surface area is 143 Å². The number of Topliss-reactive ketones (excluding diaryl/α,β-unsaturated/α-hetero) is 1. The second-order valence-corrected chi connectivity index (χ2v) is 7.53. The molecule has 0 radical (unpaired) electrons. The molecule has 0 aliphatic carbocycles. The molecule has 0 fully saturated rings. The molecule has 1 atom stereocenters. The van der Waals surface area contributed by atoms with E-state index < -0.39 is 11.5 Å². The van der Waals surface area contributed by atoms with E-state index in [1.54, 1.807) is 23.1 Å².